The second kappa shape index (κ2) is 6.75. The van der Waals surface area contributed by atoms with Crippen LogP contribution in [-0.2, 0) is 6.42 Å². The number of anilines is 1. The number of aryl methyl sites for hydroxylation is 1. The number of thioether (sulfide) groups is 1. The maximum absolute atomic E-state index is 4.53. The summed E-state index contributed by atoms with van der Waals surface area (Å²) in [5.74, 6) is 1.85. The number of nitrogens with one attached hydrogen (secondary N) is 1. The van der Waals surface area contributed by atoms with Crippen molar-refractivity contribution in [3.63, 3.8) is 0 Å². The first kappa shape index (κ1) is 14.1. The van der Waals surface area contributed by atoms with E-state index in [0.717, 1.165) is 27.9 Å². The van der Waals surface area contributed by atoms with Gasteiger partial charge >= 0.3 is 0 Å². The summed E-state index contributed by atoms with van der Waals surface area (Å²) in [4.78, 5) is 8.86. The van der Waals surface area contributed by atoms with Crippen LogP contribution in [0.2, 0.25) is 0 Å². The van der Waals surface area contributed by atoms with Crippen LogP contribution in [0.1, 0.15) is 38.4 Å². The molecule has 1 aliphatic rings. The second-order valence-electron chi connectivity index (χ2n) is 4.70. The minimum atomic E-state index is 0.569. The number of nitrogens with zero attached hydrogens (tertiary/aromatic N) is 2. The van der Waals surface area contributed by atoms with Crippen molar-refractivity contribution in [3.8, 4) is 0 Å². The predicted octanol–water partition coefficient (Wildman–Crippen LogP) is 3.89. The highest BCUT2D eigenvalue weighted by molar-refractivity contribution is 9.10. The monoisotopic (exact) mass is 329 g/mol. The molecule has 0 spiro atoms. The van der Waals surface area contributed by atoms with E-state index in [2.05, 4.69) is 44.4 Å². The Morgan fingerprint density at radius 2 is 2.06 bits per heavy atom. The van der Waals surface area contributed by atoms with Gasteiger partial charge in [0, 0.05) is 23.8 Å². The Bertz CT molecular complexity index is 392. The molecule has 100 valence electrons. The van der Waals surface area contributed by atoms with E-state index in [1.165, 1.54) is 25.7 Å². The first-order chi connectivity index (χ1) is 8.71. The van der Waals surface area contributed by atoms with Crippen molar-refractivity contribution in [2.45, 2.75) is 50.3 Å². The lowest BCUT2D eigenvalue weighted by molar-refractivity contribution is 0.472. The van der Waals surface area contributed by atoms with Crippen LogP contribution in [0.25, 0.3) is 0 Å². The van der Waals surface area contributed by atoms with E-state index in [0.29, 0.717) is 6.04 Å². The lowest BCUT2D eigenvalue weighted by Crippen LogP contribution is -2.27. The fraction of sp³-hybridized carbons (Fsp3) is 0.692. The molecule has 0 aromatic carbocycles. The minimum absolute atomic E-state index is 0.569. The molecule has 1 fully saturated rings. The van der Waals surface area contributed by atoms with Gasteiger partial charge in [-0.1, -0.05) is 6.92 Å². The van der Waals surface area contributed by atoms with Crippen LogP contribution in [0.4, 0.5) is 5.82 Å². The summed E-state index contributed by atoms with van der Waals surface area (Å²) in [5, 5.41) is 4.40. The third-order valence-electron chi connectivity index (χ3n) is 3.42. The van der Waals surface area contributed by atoms with Crippen molar-refractivity contribution in [3.05, 3.63) is 16.5 Å². The zero-order valence-corrected chi connectivity index (χ0v) is 13.4. The minimum Gasteiger partial charge on any atom is -0.367 e. The maximum atomic E-state index is 4.53. The van der Waals surface area contributed by atoms with E-state index in [4.69, 9.17) is 0 Å². The summed E-state index contributed by atoms with van der Waals surface area (Å²) in [6.07, 6.45) is 8.20. The van der Waals surface area contributed by atoms with Gasteiger partial charge in [0.15, 0.2) is 0 Å². The van der Waals surface area contributed by atoms with Gasteiger partial charge in [-0.25, -0.2) is 9.97 Å². The molecule has 0 unspecified atom stereocenters. The molecule has 2 rings (SSSR count). The fourth-order valence-corrected chi connectivity index (χ4v) is 3.51. The lowest BCUT2D eigenvalue weighted by atomic mass is 9.95. The zero-order valence-electron chi connectivity index (χ0n) is 10.9. The summed E-state index contributed by atoms with van der Waals surface area (Å²) < 4.78 is 0.870. The largest absolute Gasteiger partial charge is 0.367 e. The molecular weight excluding hydrogens is 310 g/mol. The normalized spacial score (nSPS) is 23.9. The fourth-order valence-electron chi connectivity index (χ4n) is 2.35. The highest BCUT2D eigenvalue weighted by Crippen LogP contribution is 2.28. The van der Waals surface area contributed by atoms with Crippen LogP contribution in [0.15, 0.2) is 10.7 Å². The van der Waals surface area contributed by atoms with Crippen molar-refractivity contribution in [1.82, 2.24) is 9.97 Å². The van der Waals surface area contributed by atoms with Crippen LogP contribution in [0, 0.1) is 0 Å². The van der Waals surface area contributed by atoms with E-state index < -0.39 is 0 Å². The number of hydrogen-bond donors (Lipinski definition) is 1. The molecule has 3 nitrogen and oxygen atoms in total. The van der Waals surface area contributed by atoms with Gasteiger partial charge in [0.25, 0.3) is 0 Å². The Labute approximate surface area is 122 Å². The summed E-state index contributed by atoms with van der Waals surface area (Å²) >= 11 is 5.45. The summed E-state index contributed by atoms with van der Waals surface area (Å²) in [6.45, 7) is 2.08. The Kier molecular flexibility index (Phi) is 5.30. The topological polar surface area (TPSA) is 37.8 Å². The van der Waals surface area contributed by atoms with E-state index in [1.807, 2.05) is 17.8 Å². The van der Waals surface area contributed by atoms with Crippen molar-refractivity contribution < 1.29 is 0 Å². The van der Waals surface area contributed by atoms with Gasteiger partial charge in [0.1, 0.15) is 16.2 Å². The van der Waals surface area contributed by atoms with Crippen LogP contribution in [0.3, 0.4) is 0 Å². The maximum Gasteiger partial charge on any atom is 0.131 e. The quantitative estimate of drug-likeness (QED) is 0.850. The first-order valence-electron chi connectivity index (χ1n) is 6.54. The Morgan fingerprint density at radius 3 is 2.67 bits per heavy atom. The van der Waals surface area contributed by atoms with Gasteiger partial charge in [-0.15, -0.1) is 0 Å². The molecule has 1 aromatic rings. The molecule has 1 N–H and O–H groups in total. The van der Waals surface area contributed by atoms with Gasteiger partial charge in [0.2, 0.25) is 0 Å². The van der Waals surface area contributed by atoms with Gasteiger partial charge in [-0.2, -0.15) is 11.8 Å². The van der Waals surface area contributed by atoms with Gasteiger partial charge in [-0.05, 0) is 47.9 Å². The van der Waals surface area contributed by atoms with Crippen LogP contribution < -0.4 is 5.32 Å². The Hall–Kier alpha value is -0.290. The lowest BCUT2D eigenvalue weighted by Gasteiger charge is -2.28. The number of halogens is 1. The average molecular weight is 330 g/mol. The Morgan fingerprint density at radius 1 is 1.33 bits per heavy atom. The SMILES string of the molecule is CCc1nc(Br)cc(NC2CCC(SC)CC2)n1. The molecule has 0 amide bonds. The highest BCUT2D eigenvalue weighted by atomic mass is 79.9. The molecule has 1 saturated carbocycles. The summed E-state index contributed by atoms with van der Waals surface area (Å²) in [6, 6.07) is 2.54. The summed E-state index contributed by atoms with van der Waals surface area (Å²) in [7, 11) is 0. The van der Waals surface area contributed by atoms with E-state index in [1.54, 1.807) is 0 Å². The predicted molar refractivity (Wildman–Crippen MR) is 82.3 cm³/mol. The summed E-state index contributed by atoms with van der Waals surface area (Å²) in [5.41, 5.74) is 0. The van der Waals surface area contributed by atoms with Crippen LogP contribution in [-0.4, -0.2) is 27.5 Å². The average Bonchev–Trinajstić information content (AvgIpc) is 2.39. The number of rotatable bonds is 4. The van der Waals surface area contributed by atoms with Crippen LogP contribution >= 0.6 is 27.7 Å². The van der Waals surface area contributed by atoms with Crippen molar-refractivity contribution in [2.75, 3.05) is 11.6 Å². The standard InChI is InChI=1S/C13H20BrN3S/c1-3-12-16-11(14)8-13(17-12)15-9-4-6-10(18-2)7-5-9/h8-10H,3-7H2,1-2H3,(H,15,16,17). The zero-order chi connectivity index (χ0) is 13.0. The number of aromatic nitrogens is 2. The molecule has 0 saturated heterocycles. The van der Waals surface area contributed by atoms with Crippen molar-refractivity contribution >= 4 is 33.5 Å². The van der Waals surface area contributed by atoms with Crippen molar-refractivity contribution in [2.24, 2.45) is 0 Å². The molecular formula is C13H20BrN3S. The molecule has 5 heteroatoms. The molecule has 1 aromatic heterocycles. The molecule has 1 heterocycles. The molecule has 18 heavy (non-hydrogen) atoms. The second-order valence-corrected chi connectivity index (χ2v) is 6.65. The molecule has 0 atom stereocenters. The van der Waals surface area contributed by atoms with Gasteiger partial charge in [0.05, 0.1) is 0 Å². The van der Waals surface area contributed by atoms with Crippen molar-refractivity contribution in [1.29, 1.82) is 0 Å². The molecule has 0 radical (unpaired) electrons. The third kappa shape index (κ3) is 3.85. The van der Waals surface area contributed by atoms with E-state index >= 15 is 0 Å². The highest BCUT2D eigenvalue weighted by Gasteiger charge is 2.20. The molecule has 0 bridgehead atoms. The van der Waals surface area contributed by atoms with E-state index in [-0.39, 0.29) is 0 Å². The van der Waals surface area contributed by atoms with Gasteiger partial charge in [-0.3, -0.25) is 0 Å². The van der Waals surface area contributed by atoms with E-state index in [9.17, 15) is 0 Å². The van der Waals surface area contributed by atoms with Crippen LogP contribution in [0.5, 0.6) is 0 Å². The third-order valence-corrected chi connectivity index (χ3v) is 4.96. The molecule has 1 aliphatic carbocycles. The molecule has 0 aliphatic heterocycles. The van der Waals surface area contributed by atoms with Gasteiger partial charge < -0.3 is 5.32 Å². The first-order valence-corrected chi connectivity index (χ1v) is 8.62. The smallest absolute Gasteiger partial charge is 0.131 e. The Balaban J connectivity index is 1.95. The number of hydrogen-bond acceptors (Lipinski definition) is 4.